The molecule has 0 radical (unpaired) electrons. The molecule has 39 heavy (non-hydrogen) atoms. The van der Waals surface area contributed by atoms with Gasteiger partial charge in [-0.2, -0.15) is 10.1 Å². The van der Waals surface area contributed by atoms with Crippen molar-refractivity contribution in [1.82, 2.24) is 25.1 Å². The Labute approximate surface area is 233 Å². The lowest BCUT2D eigenvalue weighted by molar-refractivity contribution is -0.134. The third kappa shape index (κ3) is 5.98. The summed E-state index contributed by atoms with van der Waals surface area (Å²) in [5, 5.41) is 5.73. The van der Waals surface area contributed by atoms with Crippen molar-refractivity contribution in [1.29, 1.82) is 0 Å². The zero-order chi connectivity index (χ0) is 27.8. The highest BCUT2D eigenvalue weighted by Gasteiger charge is 2.53. The molecule has 3 fully saturated rings. The maximum Gasteiger partial charge on any atom is 0.434 e. The first-order chi connectivity index (χ1) is 18.6. The largest absolute Gasteiger partial charge is 0.442 e. The van der Waals surface area contributed by atoms with E-state index >= 15 is 0 Å². The second-order valence-corrected chi connectivity index (χ2v) is 12.0. The van der Waals surface area contributed by atoms with Crippen molar-refractivity contribution < 1.29 is 19.1 Å². The van der Waals surface area contributed by atoms with E-state index in [0.29, 0.717) is 30.1 Å². The van der Waals surface area contributed by atoms with E-state index in [1.165, 1.54) is 17.1 Å². The molecule has 1 saturated carbocycles. The monoisotopic (exact) mass is 557 g/mol. The van der Waals surface area contributed by atoms with Gasteiger partial charge in [-0.1, -0.05) is 11.6 Å². The van der Waals surface area contributed by atoms with Gasteiger partial charge in [-0.15, -0.1) is 0 Å². The van der Waals surface area contributed by atoms with Gasteiger partial charge in [0.2, 0.25) is 5.91 Å². The molecular formula is C27H36ClN7O4. The molecule has 1 aliphatic carbocycles. The lowest BCUT2D eigenvalue weighted by Crippen LogP contribution is -2.53. The van der Waals surface area contributed by atoms with Crippen molar-refractivity contribution in [3.8, 4) is 0 Å². The molecule has 1 unspecified atom stereocenters. The van der Waals surface area contributed by atoms with Crippen LogP contribution in [-0.2, 0) is 19.9 Å². The van der Waals surface area contributed by atoms with Gasteiger partial charge in [0.25, 0.3) is 5.91 Å². The fraction of sp³-hybridized carbons (Fsp3) is 0.593. The molecule has 1 atom stereocenters. The number of nitrogens with zero attached hydrogens (tertiary/aromatic N) is 6. The molecule has 4 heterocycles. The fourth-order valence-corrected chi connectivity index (χ4v) is 5.36. The minimum atomic E-state index is -0.911. The predicted octanol–water partition coefficient (Wildman–Crippen LogP) is 3.73. The van der Waals surface area contributed by atoms with Crippen LogP contribution < -0.4 is 15.3 Å². The van der Waals surface area contributed by atoms with Crippen LogP contribution in [0.5, 0.6) is 0 Å². The average molecular weight is 558 g/mol. The number of hydrogen-bond donors (Lipinski definition) is 1. The van der Waals surface area contributed by atoms with Gasteiger partial charge in [0.1, 0.15) is 17.0 Å². The SMILES string of the molecule is CC(C)(C)OC(=O)N(NC(=O)C1(n2cc(Cl)cn2)CC1)c1ccc(N2CCCC(C(=O)N3CCCC3)C2)nc1. The summed E-state index contributed by atoms with van der Waals surface area (Å²) in [4.78, 5) is 48.2. The summed E-state index contributed by atoms with van der Waals surface area (Å²) in [6.45, 7) is 8.40. The third-order valence-corrected chi connectivity index (χ3v) is 7.62. The number of piperidine rings is 1. The van der Waals surface area contributed by atoms with Crippen LogP contribution in [0.2, 0.25) is 5.02 Å². The molecule has 5 rings (SSSR count). The van der Waals surface area contributed by atoms with Gasteiger partial charge in [0, 0.05) is 32.4 Å². The number of nitrogens with one attached hydrogen (secondary N) is 1. The number of hydrazine groups is 1. The first-order valence-electron chi connectivity index (χ1n) is 13.6. The molecule has 11 nitrogen and oxygen atoms in total. The van der Waals surface area contributed by atoms with Crippen LogP contribution in [0.3, 0.4) is 0 Å². The van der Waals surface area contributed by atoms with Crippen molar-refractivity contribution in [3.05, 3.63) is 35.7 Å². The van der Waals surface area contributed by atoms with Gasteiger partial charge in [0.05, 0.1) is 29.0 Å². The van der Waals surface area contributed by atoms with Crippen LogP contribution in [0.25, 0.3) is 0 Å². The van der Waals surface area contributed by atoms with Crippen LogP contribution in [0, 0.1) is 5.92 Å². The Morgan fingerprint density at radius 1 is 1.10 bits per heavy atom. The Hall–Kier alpha value is -3.34. The maximum absolute atomic E-state index is 13.4. The number of halogens is 1. The topological polar surface area (TPSA) is 113 Å². The van der Waals surface area contributed by atoms with E-state index in [1.54, 1.807) is 33.0 Å². The smallest absolute Gasteiger partial charge is 0.434 e. The lowest BCUT2D eigenvalue weighted by atomic mass is 9.96. The van der Waals surface area contributed by atoms with Gasteiger partial charge in [-0.3, -0.25) is 19.7 Å². The molecular weight excluding hydrogens is 522 g/mol. The first-order valence-corrected chi connectivity index (χ1v) is 14.0. The highest BCUT2D eigenvalue weighted by atomic mass is 35.5. The fourth-order valence-electron chi connectivity index (χ4n) is 5.22. The molecule has 2 saturated heterocycles. The van der Waals surface area contributed by atoms with Gasteiger partial charge in [-0.05, 0) is 71.4 Å². The van der Waals surface area contributed by atoms with E-state index in [1.807, 2.05) is 11.0 Å². The van der Waals surface area contributed by atoms with Gasteiger partial charge in [-0.25, -0.2) is 9.78 Å². The molecule has 3 amide bonds. The number of ether oxygens (including phenoxy) is 1. The van der Waals surface area contributed by atoms with Gasteiger partial charge < -0.3 is 14.5 Å². The molecule has 210 valence electrons. The highest BCUT2D eigenvalue weighted by molar-refractivity contribution is 6.30. The number of likely N-dealkylation sites (tertiary alicyclic amines) is 1. The number of rotatable bonds is 5. The number of anilines is 2. The number of aromatic nitrogens is 3. The van der Waals surface area contributed by atoms with Crippen molar-refractivity contribution in [2.75, 3.05) is 36.1 Å². The summed E-state index contributed by atoms with van der Waals surface area (Å²) >= 11 is 6.03. The Morgan fingerprint density at radius 3 is 2.44 bits per heavy atom. The van der Waals surface area contributed by atoms with E-state index in [9.17, 15) is 14.4 Å². The summed E-state index contributed by atoms with van der Waals surface area (Å²) in [5.74, 6) is 0.524. The Kier molecular flexibility index (Phi) is 7.45. The van der Waals surface area contributed by atoms with Crippen LogP contribution in [-0.4, -0.2) is 69.4 Å². The zero-order valence-electron chi connectivity index (χ0n) is 22.7. The Bertz CT molecular complexity index is 1220. The normalized spacial score (nSPS) is 20.5. The summed E-state index contributed by atoms with van der Waals surface area (Å²) in [6, 6.07) is 3.53. The summed E-state index contributed by atoms with van der Waals surface area (Å²) in [7, 11) is 0. The number of hydrogen-bond acceptors (Lipinski definition) is 7. The molecule has 0 bridgehead atoms. The van der Waals surface area contributed by atoms with Crippen molar-refractivity contribution in [2.24, 2.45) is 5.92 Å². The van der Waals surface area contributed by atoms with E-state index in [0.717, 1.165) is 56.1 Å². The van der Waals surface area contributed by atoms with E-state index in [4.69, 9.17) is 16.3 Å². The summed E-state index contributed by atoms with van der Waals surface area (Å²) < 4.78 is 7.12. The second kappa shape index (κ2) is 10.7. The number of amides is 3. The molecule has 1 N–H and O–H groups in total. The van der Waals surface area contributed by atoms with Crippen LogP contribution in [0.15, 0.2) is 30.7 Å². The Balaban J connectivity index is 1.32. The minimum absolute atomic E-state index is 0.0404. The molecule has 2 aromatic heterocycles. The standard InChI is InChI=1S/C27H36ClN7O4/c1-26(2,3)39-25(38)35(31-24(37)27(10-11-27)34-18-20(28)15-30-34)21-8-9-22(29-16-21)33-14-6-7-19(17-33)23(36)32-12-4-5-13-32/h8-9,15-16,18-19H,4-7,10-14,17H2,1-3H3,(H,31,37). The summed E-state index contributed by atoms with van der Waals surface area (Å²) in [6.07, 6.45) is 8.98. The van der Waals surface area contributed by atoms with E-state index in [2.05, 4.69) is 20.4 Å². The van der Waals surface area contributed by atoms with Gasteiger partial charge in [0.15, 0.2) is 0 Å². The molecule has 2 aliphatic heterocycles. The second-order valence-electron chi connectivity index (χ2n) is 11.6. The van der Waals surface area contributed by atoms with Crippen molar-refractivity contribution in [3.63, 3.8) is 0 Å². The quantitative estimate of drug-likeness (QED) is 0.557. The van der Waals surface area contributed by atoms with Crippen LogP contribution in [0.4, 0.5) is 16.3 Å². The van der Waals surface area contributed by atoms with E-state index < -0.39 is 23.1 Å². The molecule has 0 spiro atoms. The number of carbonyl (C=O) groups is 3. The maximum atomic E-state index is 13.4. The highest BCUT2D eigenvalue weighted by Crippen LogP contribution is 2.44. The molecule has 12 heteroatoms. The van der Waals surface area contributed by atoms with Crippen LogP contribution >= 0.6 is 11.6 Å². The molecule has 0 aromatic carbocycles. The Morgan fingerprint density at radius 2 is 1.85 bits per heavy atom. The minimum Gasteiger partial charge on any atom is -0.442 e. The lowest BCUT2D eigenvalue weighted by Gasteiger charge is -2.35. The van der Waals surface area contributed by atoms with Crippen molar-refractivity contribution >= 4 is 41.0 Å². The molecule has 2 aromatic rings. The van der Waals surface area contributed by atoms with Crippen LogP contribution in [0.1, 0.15) is 59.3 Å². The average Bonchev–Trinajstić information content (AvgIpc) is 3.29. The van der Waals surface area contributed by atoms with E-state index in [-0.39, 0.29) is 11.8 Å². The predicted molar refractivity (Wildman–Crippen MR) is 146 cm³/mol. The zero-order valence-corrected chi connectivity index (χ0v) is 23.5. The number of carbonyl (C=O) groups excluding carboxylic acids is 3. The van der Waals surface area contributed by atoms with Crippen molar-refractivity contribution in [2.45, 2.75) is 70.4 Å². The van der Waals surface area contributed by atoms with Gasteiger partial charge >= 0.3 is 6.09 Å². The summed E-state index contributed by atoms with van der Waals surface area (Å²) in [5.41, 5.74) is 1.41. The third-order valence-electron chi connectivity index (χ3n) is 7.43. The number of pyridine rings is 1. The first kappa shape index (κ1) is 27.2. The molecule has 3 aliphatic rings.